The van der Waals surface area contributed by atoms with E-state index in [4.69, 9.17) is 27.1 Å². The molecule has 0 unspecified atom stereocenters. The summed E-state index contributed by atoms with van der Waals surface area (Å²) in [5.74, 6) is -2.23. The van der Waals surface area contributed by atoms with E-state index in [0.717, 1.165) is 22.4 Å². The third-order valence-electron chi connectivity index (χ3n) is 9.06. The Hall–Kier alpha value is -4.44. The van der Waals surface area contributed by atoms with Gasteiger partial charge in [0.2, 0.25) is 0 Å². The maximum Gasteiger partial charge on any atom is 0.395 e. The van der Waals surface area contributed by atoms with Crippen molar-refractivity contribution in [1.29, 1.82) is 0 Å². The first-order valence-electron chi connectivity index (χ1n) is 15.8. The van der Waals surface area contributed by atoms with Gasteiger partial charge in [0.05, 0.1) is 22.9 Å². The summed E-state index contributed by atoms with van der Waals surface area (Å²) in [6, 6.07) is 10.2. The summed E-state index contributed by atoms with van der Waals surface area (Å²) in [6.07, 6.45) is -3.07. The van der Waals surface area contributed by atoms with E-state index >= 15 is 0 Å². The van der Waals surface area contributed by atoms with Crippen molar-refractivity contribution in [2.24, 2.45) is 21.6 Å². The number of aromatic nitrogens is 4. The highest BCUT2D eigenvalue weighted by atomic mass is 35.5. The number of nitrogens with zero attached hydrogens (tertiary/aromatic N) is 6. The summed E-state index contributed by atoms with van der Waals surface area (Å²) in [4.78, 5) is 37.6. The number of ether oxygens (including phenoxy) is 1. The maximum atomic E-state index is 14.9. The normalized spacial score (nSPS) is 19.4. The molecule has 0 spiro atoms. The molecule has 0 radical (unpaired) electrons. The van der Waals surface area contributed by atoms with Gasteiger partial charge in [-0.3, -0.25) is 14.5 Å². The summed E-state index contributed by atoms with van der Waals surface area (Å²) < 4.78 is 78.6. The average Bonchev–Trinajstić information content (AvgIpc) is 3.38. The van der Waals surface area contributed by atoms with Crippen LogP contribution in [0.4, 0.5) is 22.0 Å². The lowest BCUT2D eigenvalue weighted by atomic mass is 9.75. The first-order valence-corrected chi connectivity index (χ1v) is 17.1. The van der Waals surface area contributed by atoms with Crippen LogP contribution in [0.5, 0.6) is 0 Å². The van der Waals surface area contributed by atoms with Crippen molar-refractivity contribution in [3.8, 4) is 22.5 Å². The minimum atomic E-state index is -4.60. The molecule has 3 heterocycles. The van der Waals surface area contributed by atoms with Gasteiger partial charge in [0.15, 0.2) is 17.3 Å². The van der Waals surface area contributed by atoms with Gasteiger partial charge in [0.1, 0.15) is 12.9 Å². The second kappa shape index (κ2) is 13.3. The fourth-order valence-corrected chi connectivity index (χ4v) is 7.15. The number of carbonyl (C=O) groups excluding carboxylic acids is 2. The molecular weight excluding hydrogens is 717 g/mol. The zero-order valence-corrected chi connectivity index (χ0v) is 29.2. The van der Waals surface area contributed by atoms with Crippen LogP contribution in [0, 0.1) is 10.8 Å². The zero-order valence-electron chi connectivity index (χ0n) is 27.6. The van der Waals surface area contributed by atoms with E-state index in [2.05, 4.69) is 14.5 Å². The molecule has 2 aliphatic rings. The van der Waals surface area contributed by atoms with Crippen LogP contribution in [-0.4, -0.2) is 54.7 Å². The van der Waals surface area contributed by atoms with E-state index in [-0.39, 0.29) is 47.2 Å². The first-order chi connectivity index (χ1) is 23.9. The van der Waals surface area contributed by atoms with Crippen molar-refractivity contribution in [3.63, 3.8) is 0 Å². The van der Waals surface area contributed by atoms with Crippen LogP contribution in [0.1, 0.15) is 70.2 Å². The van der Waals surface area contributed by atoms with Gasteiger partial charge in [-0.05, 0) is 65.0 Å². The second-order valence-corrected chi connectivity index (χ2v) is 15.0. The van der Waals surface area contributed by atoms with Gasteiger partial charge in [0.25, 0.3) is 5.91 Å². The number of alkyl halides is 5. The number of hydrogen-bond acceptors (Lipinski definition) is 9. The van der Waals surface area contributed by atoms with Crippen molar-refractivity contribution in [1.82, 2.24) is 24.0 Å². The van der Waals surface area contributed by atoms with E-state index < -0.39 is 60.0 Å². The quantitative estimate of drug-likeness (QED) is 0.122. The summed E-state index contributed by atoms with van der Waals surface area (Å²) in [6.45, 7) is 2.10. The molecule has 2 atom stereocenters. The second-order valence-electron chi connectivity index (χ2n) is 13.9. The highest BCUT2D eigenvalue weighted by Crippen LogP contribution is 2.60. The molecule has 1 aliphatic carbocycles. The number of hydrogen-bond donors (Lipinski definition) is 1. The van der Waals surface area contributed by atoms with Crippen molar-refractivity contribution in [2.75, 3.05) is 6.61 Å². The lowest BCUT2D eigenvalue weighted by molar-refractivity contribution is -0.195. The van der Waals surface area contributed by atoms with Crippen LogP contribution in [0.25, 0.3) is 22.5 Å². The summed E-state index contributed by atoms with van der Waals surface area (Å²) in [5, 5.41) is 5.47. The fraction of sp³-hybridized carbons (Fsp3) is 0.412. The summed E-state index contributed by atoms with van der Waals surface area (Å²) >= 11 is 7.73. The molecule has 2 N–H and O–H groups in total. The van der Waals surface area contributed by atoms with Gasteiger partial charge < -0.3 is 10.5 Å². The van der Waals surface area contributed by atoms with Gasteiger partial charge in [0, 0.05) is 22.7 Å². The Bertz CT molecular complexity index is 1960. The molecule has 1 saturated carbocycles. The smallest absolute Gasteiger partial charge is 0.395 e. The zero-order chi connectivity index (χ0) is 36.9. The predicted molar refractivity (Wildman–Crippen MR) is 180 cm³/mol. The average molecular weight is 750 g/mol. The van der Waals surface area contributed by atoms with Crippen molar-refractivity contribution < 1.29 is 36.3 Å². The van der Waals surface area contributed by atoms with Crippen molar-refractivity contribution >= 4 is 41.0 Å². The highest BCUT2D eigenvalue weighted by molar-refractivity contribution is 7.03. The van der Waals surface area contributed by atoms with Gasteiger partial charge in [-0.25, -0.2) is 14.3 Å². The largest absolute Gasteiger partial charge is 0.463 e. The number of carbonyl (C=O) groups is 2. The molecule has 10 nitrogen and oxygen atoms in total. The Labute approximate surface area is 298 Å². The van der Waals surface area contributed by atoms with Crippen molar-refractivity contribution in [3.05, 3.63) is 76.5 Å². The molecule has 1 aliphatic heterocycles. The molecule has 270 valence electrons. The SMILES string of the molecule is CC(C)(C)C[C@]1(c2ccc(-c3cnsc3)cc2)N=C(N)N([C@H](COC(=O)CC2(C(F)(F)F)CC2)c2ccc(Cl)c(-c3ncnn3C(F)F)c2)C1=O. The first kappa shape index (κ1) is 36.4. The number of esters is 1. The fourth-order valence-electron chi connectivity index (χ4n) is 6.40. The molecule has 0 saturated heterocycles. The molecule has 1 amide bonds. The Morgan fingerprint density at radius 2 is 1.80 bits per heavy atom. The molecule has 1 fully saturated rings. The van der Waals surface area contributed by atoms with Gasteiger partial charge in [-0.2, -0.15) is 31.7 Å². The monoisotopic (exact) mass is 749 g/mol. The molecule has 51 heavy (non-hydrogen) atoms. The van der Waals surface area contributed by atoms with Crippen molar-refractivity contribution in [2.45, 2.75) is 70.8 Å². The number of aliphatic imine (C=N–C) groups is 1. The van der Waals surface area contributed by atoms with Crippen LogP contribution in [0.3, 0.4) is 0 Å². The Kier molecular flexibility index (Phi) is 9.46. The Morgan fingerprint density at radius 3 is 2.39 bits per heavy atom. The van der Waals surface area contributed by atoms with E-state index in [0.29, 0.717) is 10.2 Å². The third-order valence-corrected chi connectivity index (χ3v) is 9.98. The number of halogens is 6. The van der Waals surface area contributed by atoms with Gasteiger partial charge >= 0.3 is 18.7 Å². The minimum absolute atomic E-state index is 0.0129. The third kappa shape index (κ3) is 7.07. The lowest BCUT2D eigenvalue weighted by Crippen LogP contribution is -2.47. The van der Waals surface area contributed by atoms with Crippen LogP contribution in [-0.2, 0) is 19.9 Å². The highest BCUT2D eigenvalue weighted by Gasteiger charge is 2.64. The van der Waals surface area contributed by atoms with Crippen LogP contribution >= 0.6 is 23.1 Å². The Balaban J connectivity index is 1.41. The van der Waals surface area contributed by atoms with E-state index in [1.165, 1.54) is 29.7 Å². The Morgan fingerprint density at radius 1 is 1.10 bits per heavy atom. The molecule has 4 aromatic rings. The van der Waals surface area contributed by atoms with Gasteiger partial charge in [-0.15, -0.1) is 0 Å². The maximum absolute atomic E-state index is 14.9. The number of guanidine groups is 1. The topological polar surface area (TPSA) is 129 Å². The summed E-state index contributed by atoms with van der Waals surface area (Å²) in [7, 11) is 0. The molecule has 17 heteroatoms. The predicted octanol–water partition coefficient (Wildman–Crippen LogP) is 7.92. The minimum Gasteiger partial charge on any atom is -0.463 e. The molecule has 0 bridgehead atoms. The van der Waals surface area contributed by atoms with Crippen LogP contribution in [0.2, 0.25) is 5.02 Å². The number of rotatable bonds is 11. The van der Waals surface area contributed by atoms with E-state index in [1.807, 2.05) is 38.3 Å². The number of benzene rings is 2. The lowest BCUT2D eigenvalue weighted by Gasteiger charge is -2.35. The molecule has 2 aromatic heterocycles. The van der Waals surface area contributed by atoms with Gasteiger partial charge in [-0.1, -0.05) is 62.7 Å². The number of amides is 1. The molecule has 2 aromatic carbocycles. The van der Waals surface area contributed by atoms with Crippen LogP contribution < -0.4 is 5.73 Å². The number of nitrogens with two attached hydrogens (primary N) is 1. The molecule has 6 rings (SSSR count). The van der Waals surface area contributed by atoms with Crippen LogP contribution in [0.15, 0.2) is 65.4 Å². The van der Waals surface area contributed by atoms with E-state index in [9.17, 15) is 31.5 Å². The summed E-state index contributed by atoms with van der Waals surface area (Å²) in [5.41, 5.74) is 4.87. The van der Waals surface area contributed by atoms with E-state index in [1.54, 1.807) is 18.3 Å². The standard InChI is InChI=1S/C34H33ClF5N7O3S/c1-31(2,3)17-33(22-7-4-19(5-8-22)21-14-44-51-16-21)28(49)46(30(41)45-33)25(15-50-26(48)13-32(10-11-32)34(38,39)40)20-6-9-24(35)23(12-20)27-42-18-43-47(27)29(36)37/h4-9,12,14,16,18,25,29H,10-11,13,15,17H2,1-3H3,(H2,41,45)/t25-,33-/m1/s1. The molecular formula is C34H33ClF5N7O3S.